The van der Waals surface area contributed by atoms with Crippen LogP contribution in [0.15, 0.2) is 29.2 Å². The number of aldehydes is 1. The summed E-state index contributed by atoms with van der Waals surface area (Å²) in [6, 6.07) is 5.40. The van der Waals surface area contributed by atoms with E-state index in [-0.39, 0.29) is 22.8 Å². The summed E-state index contributed by atoms with van der Waals surface area (Å²) in [7, 11) is -3.55. The molecule has 0 fully saturated rings. The summed E-state index contributed by atoms with van der Waals surface area (Å²) < 4.78 is 46.2. The third-order valence-electron chi connectivity index (χ3n) is 1.90. The highest BCUT2D eigenvalue weighted by Crippen LogP contribution is 2.17. The highest BCUT2D eigenvalue weighted by atomic mass is 32.2. The van der Waals surface area contributed by atoms with Crippen LogP contribution in [0, 0.1) is 0 Å². The minimum absolute atomic E-state index is 0.0187. The van der Waals surface area contributed by atoms with Gasteiger partial charge >= 0.3 is 0 Å². The molecule has 1 atom stereocenters. The average Bonchev–Trinajstić information content (AvgIpc) is 2.26. The maximum absolute atomic E-state index is 11.7. The molecular weight excluding hydrogens is 266 g/mol. The topological polar surface area (TPSA) is 103 Å². The van der Waals surface area contributed by atoms with Gasteiger partial charge in [-0.1, -0.05) is 6.07 Å². The predicted octanol–water partition coefficient (Wildman–Crippen LogP) is 0.255. The smallest absolute Gasteiger partial charge is 0.178 e. The molecule has 1 unspecified atom stereocenters. The maximum Gasteiger partial charge on any atom is 0.178 e. The van der Waals surface area contributed by atoms with E-state index in [1.165, 1.54) is 24.3 Å². The van der Waals surface area contributed by atoms with Gasteiger partial charge in [0.25, 0.3) is 0 Å². The molecule has 0 aromatic heterocycles. The first-order valence-electron chi connectivity index (χ1n) is 4.58. The first-order chi connectivity index (χ1) is 7.95. The number of nitrogens with one attached hydrogen (secondary N) is 1. The summed E-state index contributed by atoms with van der Waals surface area (Å²) in [4.78, 5) is 10.1. The quantitative estimate of drug-likeness (QED) is 0.592. The van der Waals surface area contributed by atoms with Gasteiger partial charge in [-0.05, 0) is 18.2 Å². The number of carbonyl (C=O) groups excluding carboxylic acids is 1. The molecule has 1 rings (SSSR count). The monoisotopic (exact) mass is 276 g/mol. The Balaban J connectivity index is 2.98. The van der Waals surface area contributed by atoms with Crippen molar-refractivity contribution < 1.29 is 22.0 Å². The van der Waals surface area contributed by atoms with Crippen LogP contribution in [0.25, 0.3) is 0 Å². The largest absolute Gasteiger partial charge is 0.755 e. The second-order valence-electron chi connectivity index (χ2n) is 3.14. The fourth-order valence-electron chi connectivity index (χ4n) is 1.17. The molecule has 0 radical (unpaired) electrons. The van der Waals surface area contributed by atoms with Crippen LogP contribution in [0.4, 0.5) is 5.69 Å². The molecule has 0 aliphatic heterocycles. The first kappa shape index (κ1) is 13.8. The van der Waals surface area contributed by atoms with Gasteiger partial charge in [-0.25, -0.2) is 8.42 Å². The molecule has 1 N–H and O–H groups in total. The SMILES string of the molecule is O=CCCS(=O)(=O)c1cccc(NS(=O)[O-])c1. The van der Waals surface area contributed by atoms with E-state index in [1.54, 1.807) is 0 Å². The number of sulfone groups is 1. The van der Waals surface area contributed by atoms with Crippen LogP contribution in [0.1, 0.15) is 6.42 Å². The molecule has 0 aliphatic carbocycles. The zero-order chi connectivity index (χ0) is 12.9. The van der Waals surface area contributed by atoms with Crippen molar-refractivity contribution in [2.45, 2.75) is 11.3 Å². The van der Waals surface area contributed by atoms with Gasteiger partial charge in [0.1, 0.15) is 6.29 Å². The number of hydrogen-bond acceptors (Lipinski definition) is 5. The van der Waals surface area contributed by atoms with Crippen molar-refractivity contribution in [1.29, 1.82) is 0 Å². The summed E-state index contributed by atoms with van der Waals surface area (Å²) >= 11 is -2.51. The van der Waals surface area contributed by atoms with Gasteiger partial charge in [0.05, 0.1) is 10.6 Å². The van der Waals surface area contributed by atoms with Crippen molar-refractivity contribution in [3.63, 3.8) is 0 Å². The Morgan fingerprint density at radius 1 is 1.41 bits per heavy atom. The van der Waals surface area contributed by atoms with Gasteiger partial charge in [0, 0.05) is 23.4 Å². The molecule has 0 saturated heterocycles. The van der Waals surface area contributed by atoms with Crippen molar-refractivity contribution in [1.82, 2.24) is 0 Å². The molecule has 0 amide bonds. The molecule has 1 aromatic rings. The van der Waals surface area contributed by atoms with Gasteiger partial charge in [0.2, 0.25) is 0 Å². The summed E-state index contributed by atoms with van der Waals surface area (Å²) in [6.07, 6.45) is 0.430. The minimum Gasteiger partial charge on any atom is -0.755 e. The molecule has 0 heterocycles. The number of hydrogen-bond donors (Lipinski definition) is 1. The highest BCUT2D eigenvalue weighted by Gasteiger charge is 2.14. The van der Waals surface area contributed by atoms with E-state index in [9.17, 15) is 22.0 Å². The zero-order valence-electron chi connectivity index (χ0n) is 8.66. The normalized spacial score (nSPS) is 13.0. The fraction of sp³-hybridized carbons (Fsp3) is 0.222. The molecule has 8 heteroatoms. The molecule has 94 valence electrons. The van der Waals surface area contributed by atoms with Crippen molar-refractivity contribution in [2.75, 3.05) is 10.5 Å². The standard InChI is InChI=1S/C9H11NO5S2/c11-5-2-6-17(14,15)9-4-1-3-8(7-9)10-16(12)13/h1,3-5,7,10H,2,6H2,(H,12,13)/p-1. The van der Waals surface area contributed by atoms with Crippen molar-refractivity contribution in [2.24, 2.45) is 0 Å². The second-order valence-corrected chi connectivity index (χ2v) is 5.92. The fourth-order valence-corrected chi connectivity index (χ4v) is 2.72. The van der Waals surface area contributed by atoms with Crippen LogP contribution >= 0.6 is 0 Å². The van der Waals surface area contributed by atoms with E-state index in [0.29, 0.717) is 6.29 Å². The van der Waals surface area contributed by atoms with Gasteiger partial charge in [-0.2, -0.15) is 0 Å². The molecular formula is C9H10NO5S2-. The average molecular weight is 276 g/mol. The third-order valence-corrected chi connectivity index (χ3v) is 4.05. The molecule has 6 nitrogen and oxygen atoms in total. The summed E-state index contributed by atoms with van der Waals surface area (Å²) in [5.41, 5.74) is 0.158. The molecule has 0 saturated carbocycles. The van der Waals surface area contributed by atoms with Crippen LogP contribution in [0.5, 0.6) is 0 Å². The van der Waals surface area contributed by atoms with E-state index in [1.807, 2.05) is 0 Å². The number of anilines is 1. The van der Waals surface area contributed by atoms with E-state index in [0.717, 1.165) is 0 Å². The van der Waals surface area contributed by atoms with Crippen LogP contribution < -0.4 is 4.72 Å². The Labute approximate surface area is 101 Å². The molecule has 0 bridgehead atoms. The third kappa shape index (κ3) is 4.25. The van der Waals surface area contributed by atoms with Crippen molar-refractivity contribution in [3.8, 4) is 0 Å². The summed E-state index contributed by atoms with van der Waals surface area (Å²) in [5, 5.41) is 0. The van der Waals surface area contributed by atoms with E-state index >= 15 is 0 Å². The summed E-state index contributed by atoms with van der Waals surface area (Å²) in [6.45, 7) is 0. The minimum atomic E-state index is -3.55. The van der Waals surface area contributed by atoms with Crippen molar-refractivity contribution in [3.05, 3.63) is 24.3 Å². The van der Waals surface area contributed by atoms with Crippen LogP contribution in [0.2, 0.25) is 0 Å². The van der Waals surface area contributed by atoms with Gasteiger partial charge in [-0.3, -0.25) is 4.21 Å². The highest BCUT2D eigenvalue weighted by molar-refractivity contribution is 7.91. The van der Waals surface area contributed by atoms with E-state index in [2.05, 4.69) is 4.72 Å². The Morgan fingerprint density at radius 3 is 2.71 bits per heavy atom. The van der Waals surface area contributed by atoms with E-state index < -0.39 is 21.1 Å². The number of carbonyl (C=O) groups is 1. The van der Waals surface area contributed by atoms with Gasteiger partial charge in [0.15, 0.2) is 9.84 Å². The number of benzene rings is 1. The lowest BCUT2D eigenvalue weighted by Gasteiger charge is -2.10. The van der Waals surface area contributed by atoms with Gasteiger partial charge < -0.3 is 14.1 Å². The lowest BCUT2D eigenvalue weighted by atomic mass is 10.3. The molecule has 0 spiro atoms. The molecule has 1 aromatic carbocycles. The van der Waals surface area contributed by atoms with Crippen molar-refractivity contribution >= 4 is 33.1 Å². The Kier molecular flexibility index (Phi) is 4.79. The Hall–Kier alpha value is -1.25. The zero-order valence-corrected chi connectivity index (χ0v) is 10.3. The Bertz CT molecular complexity index is 526. The second kappa shape index (κ2) is 5.89. The lowest BCUT2D eigenvalue weighted by Crippen LogP contribution is -2.08. The predicted molar refractivity (Wildman–Crippen MR) is 61.7 cm³/mol. The number of rotatable bonds is 6. The Morgan fingerprint density at radius 2 is 2.12 bits per heavy atom. The van der Waals surface area contributed by atoms with Crippen LogP contribution in [-0.4, -0.2) is 29.2 Å². The van der Waals surface area contributed by atoms with Crippen LogP contribution in [-0.2, 0) is 25.9 Å². The first-order valence-corrected chi connectivity index (χ1v) is 7.31. The van der Waals surface area contributed by atoms with E-state index in [4.69, 9.17) is 0 Å². The maximum atomic E-state index is 11.7. The van der Waals surface area contributed by atoms with Gasteiger partial charge in [-0.15, -0.1) is 0 Å². The lowest BCUT2D eigenvalue weighted by molar-refractivity contribution is -0.107. The van der Waals surface area contributed by atoms with Crippen LogP contribution in [0.3, 0.4) is 0 Å². The summed E-state index contributed by atoms with van der Waals surface area (Å²) in [5.74, 6) is -0.291. The molecule has 17 heavy (non-hydrogen) atoms. The molecule has 0 aliphatic rings.